The van der Waals surface area contributed by atoms with E-state index in [0.29, 0.717) is 29.8 Å². The molecule has 2 N–H and O–H groups in total. The maximum Gasteiger partial charge on any atom is 0.279 e. The Hall–Kier alpha value is -2.19. The van der Waals surface area contributed by atoms with Crippen LogP contribution >= 0.6 is 23.1 Å². The molecular weight excluding hydrogens is 396 g/mol. The Labute approximate surface area is 172 Å². The molecule has 0 spiro atoms. The maximum atomic E-state index is 12.3. The van der Waals surface area contributed by atoms with Gasteiger partial charge in [0, 0.05) is 9.77 Å². The Balaban J connectivity index is 1.26. The first-order valence-corrected chi connectivity index (χ1v) is 11.1. The van der Waals surface area contributed by atoms with E-state index >= 15 is 0 Å². The molecule has 2 aliphatic rings. The van der Waals surface area contributed by atoms with Gasteiger partial charge in [-0.05, 0) is 55.0 Å². The minimum absolute atomic E-state index is 0.193. The van der Waals surface area contributed by atoms with E-state index in [1.807, 2.05) is 24.3 Å². The van der Waals surface area contributed by atoms with E-state index in [1.165, 1.54) is 40.0 Å². The lowest BCUT2D eigenvalue weighted by molar-refractivity contribution is -0.119. The molecule has 0 saturated heterocycles. The van der Waals surface area contributed by atoms with E-state index in [4.69, 9.17) is 9.47 Å². The van der Waals surface area contributed by atoms with E-state index in [9.17, 15) is 9.59 Å². The number of carbonyl (C=O) groups is 2. The molecule has 0 fully saturated rings. The van der Waals surface area contributed by atoms with E-state index in [-0.39, 0.29) is 17.6 Å². The number of amides is 2. The van der Waals surface area contributed by atoms with Gasteiger partial charge in [0.2, 0.25) is 5.91 Å². The van der Waals surface area contributed by atoms with Crippen LogP contribution in [0, 0.1) is 5.92 Å². The van der Waals surface area contributed by atoms with E-state index in [0.717, 1.165) is 23.5 Å². The summed E-state index contributed by atoms with van der Waals surface area (Å²) in [4.78, 5) is 27.3. The summed E-state index contributed by atoms with van der Waals surface area (Å²) >= 11 is 2.90. The fourth-order valence-corrected chi connectivity index (χ4v) is 5.13. The van der Waals surface area contributed by atoms with E-state index in [1.54, 1.807) is 0 Å². The van der Waals surface area contributed by atoms with Crippen LogP contribution in [-0.2, 0) is 17.6 Å². The summed E-state index contributed by atoms with van der Waals surface area (Å²) in [6.07, 6.45) is 3.23. The molecule has 1 atom stereocenters. The summed E-state index contributed by atoms with van der Waals surface area (Å²) in [5, 5.41) is 0. The minimum Gasteiger partial charge on any atom is -0.486 e. The molecule has 0 radical (unpaired) electrons. The molecule has 148 valence electrons. The number of hydrogen-bond donors (Lipinski definition) is 2. The summed E-state index contributed by atoms with van der Waals surface area (Å²) in [7, 11) is 0. The molecule has 1 aromatic heterocycles. The first-order chi connectivity index (χ1) is 13.6. The van der Waals surface area contributed by atoms with E-state index in [2.05, 4.69) is 17.8 Å². The highest BCUT2D eigenvalue weighted by molar-refractivity contribution is 8.00. The second-order valence-corrected chi connectivity index (χ2v) is 9.19. The average molecular weight is 419 g/mol. The first kappa shape index (κ1) is 19.1. The Morgan fingerprint density at radius 3 is 2.86 bits per heavy atom. The topological polar surface area (TPSA) is 76.7 Å². The van der Waals surface area contributed by atoms with Crippen molar-refractivity contribution in [3.63, 3.8) is 0 Å². The van der Waals surface area contributed by atoms with Crippen LogP contribution in [-0.4, -0.2) is 30.8 Å². The number of nitrogens with one attached hydrogen (secondary N) is 2. The van der Waals surface area contributed by atoms with Gasteiger partial charge in [0.15, 0.2) is 11.5 Å². The third-order valence-corrected chi connectivity index (χ3v) is 6.98. The highest BCUT2D eigenvalue weighted by Gasteiger charge is 2.21. The second-order valence-electron chi connectivity index (χ2n) is 7.00. The summed E-state index contributed by atoms with van der Waals surface area (Å²) in [6.45, 7) is 3.31. The Bertz CT molecular complexity index is 896. The number of fused-ring (bicyclic) bond motifs is 2. The molecule has 4 rings (SSSR count). The number of hydrogen-bond acceptors (Lipinski definition) is 6. The number of thiophene rings is 1. The van der Waals surface area contributed by atoms with Crippen LogP contribution in [0.3, 0.4) is 0 Å². The normalized spacial score (nSPS) is 17.5. The van der Waals surface area contributed by atoms with Crippen molar-refractivity contribution in [1.29, 1.82) is 0 Å². The van der Waals surface area contributed by atoms with Crippen molar-refractivity contribution in [2.75, 3.05) is 19.0 Å². The molecule has 1 aromatic carbocycles. The standard InChI is InChI=1S/C20H22N2O4S2/c1-12-2-5-17-13(8-12)9-18(28-17)20(24)22-21-19(23)11-27-14-3-4-15-16(10-14)26-7-6-25-15/h3-4,9-10,12H,2,5-8,11H2,1H3,(H,21,23)(H,22,24)/t12-/m0/s1. The Morgan fingerprint density at radius 2 is 2.00 bits per heavy atom. The molecule has 28 heavy (non-hydrogen) atoms. The van der Waals surface area contributed by atoms with Gasteiger partial charge in [-0.25, -0.2) is 0 Å². The molecule has 2 aromatic rings. The van der Waals surface area contributed by atoms with Gasteiger partial charge in [0.25, 0.3) is 5.91 Å². The number of thioether (sulfide) groups is 1. The minimum atomic E-state index is -0.261. The van der Waals surface area contributed by atoms with Crippen LogP contribution in [0.15, 0.2) is 29.2 Å². The molecule has 0 saturated carbocycles. The number of rotatable bonds is 4. The fraction of sp³-hybridized carbons (Fsp3) is 0.400. The largest absolute Gasteiger partial charge is 0.486 e. The number of benzene rings is 1. The Kier molecular flexibility index (Phi) is 5.77. The van der Waals surface area contributed by atoms with Gasteiger partial charge in [-0.3, -0.25) is 20.4 Å². The predicted molar refractivity (Wildman–Crippen MR) is 109 cm³/mol. The zero-order chi connectivity index (χ0) is 19.5. The van der Waals surface area contributed by atoms with Gasteiger partial charge in [-0.2, -0.15) is 0 Å². The van der Waals surface area contributed by atoms with Crippen molar-refractivity contribution in [2.45, 2.75) is 31.1 Å². The summed E-state index contributed by atoms with van der Waals surface area (Å²) in [5.74, 6) is 1.75. The zero-order valence-electron chi connectivity index (χ0n) is 15.6. The van der Waals surface area contributed by atoms with Gasteiger partial charge < -0.3 is 9.47 Å². The van der Waals surface area contributed by atoms with Crippen molar-refractivity contribution < 1.29 is 19.1 Å². The number of hydrazine groups is 1. The molecule has 2 amide bonds. The summed E-state index contributed by atoms with van der Waals surface area (Å²) in [6, 6.07) is 7.56. The van der Waals surface area contributed by atoms with Gasteiger partial charge in [-0.1, -0.05) is 6.92 Å². The van der Waals surface area contributed by atoms with Crippen LogP contribution in [0.25, 0.3) is 0 Å². The monoisotopic (exact) mass is 418 g/mol. The third-order valence-electron chi connectivity index (χ3n) is 4.75. The zero-order valence-corrected chi connectivity index (χ0v) is 17.2. The molecule has 0 unspecified atom stereocenters. The second kappa shape index (κ2) is 8.45. The SMILES string of the molecule is C[C@H]1CCc2sc(C(=O)NNC(=O)CSc3ccc4c(c3)OCCO4)cc2C1. The van der Waals surface area contributed by atoms with Gasteiger partial charge in [0.05, 0.1) is 10.6 Å². The van der Waals surface area contributed by atoms with Crippen molar-refractivity contribution in [3.8, 4) is 11.5 Å². The van der Waals surface area contributed by atoms with Gasteiger partial charge in [0.1, 0.15) is 13.2 Å². The van der Waals surface area contributed by atoms with E-state index < -0.39 is 0 Å². The van der Waals surface area contributed by atoms with Crippen LogP contribution in [0.1, 0.15) is 33.5 Å². The molecule has 1 aliphatic carbocycles. The predicted octanol–water partition coefficient (Wildman–Crippen LogP) is 3.20. The van der Waals surface area contributed by atoms with Gasteiger partial charge >= 0.3 is 0 Å². The van der Waals surface area contributed by atoms with Crippen molar-refractivity contribution in [3.05, 3.63) is 39.6 Å². The van der Waals surface area contributed by atoms with Crippen LogP contribution in [0.2, 0.25) is 0 Å². The molecule has 6 nitrogen and oxygen atoms in total. The lowest BCUT2D eigenvalue weighted by atomic mass is 9.90. The van der Waals surface area contributed by atoms with Crippen molar-refractivity contribution in [1.82, 2.24) is 10.9 Å². The maximum absolute atomic E-state index is 12.3. The summed E-state index contributed by atoms with van der Waals surface area (Å²) in [5.41, 5.74) is 6.29. The third kappa shape index (κ3) is 4.44. The molecule has 1 aliphatic heterocycles. The van der Waals surface area contributed by atoms with Crippen LogP contribution in [0.5, 0.6) is 11.5 Å². The highest BCUT2D eigenvalue weighted by atomic mass is 32.2. The average Bonchev–Trinajstić information content (AvgIpc) is 3.13. The fourth-order valence-electron chi connectivity index (χ4n) is 3.30. The lowest BCUT2D eigenvalue weighted by Gasteiger charge is -2.18. The van der Waals surface area contributed by atoms with Crippen molar-refractivity contribution >= 4 is 34.9 Å². The smallest absolute Gasteiger partial charge is 0.279 e. The van der Waals surface area contributed by atoms with Crippen LogP contribution in [0.4, 0.5) is 0 Å². The lowest BCUT2D eigenvalue weighted by Crippen LogP contribution is -2.42. The number of ether oxygens (including phenoxy) is 2. The summed E-state index contributed by atoms with van der Waals surface area (Å²) < 4.78 is 11.0. The van der Waals surface area contributed by atoms with Gasteiger partial charge in [-0.15, -0.1) is 23.1 Å². The first-order valence-electron chi connectivity index (χ1n) is 9.31. The quantitative estimate of drug-likeness (QED) is 0.589. The molecule has 2 heterocycles. The highest BCUT2D eigenvalue weighted by Crippen LogP contribution is 2.34. The molecule has 8 heteroatoms. The number of aryl methyl sites for hydroxylation is 1. The molecular formula is C20H22N2O4S2. The van der Waals surface area contributed by atoms with Crippen molar-refractivity contribution in [2.24, 2.45) is 5.92 Å². The number of carbonyl (C=O) groups excluding carboxylic acids is 2. The Morgan fingerprint density at radius 1 is 1.18 bits per heavy atom. The molecule has 0 bridgehead atoms. The van der Waals surface area contributed by atoms with Crippen LogP contribution < -0.4 is 20.3 Å².